The van der Waals surface area contributed by atoms with Crippen LogP contribution >= 0.6 is 0 Å². The van der Waals surface area contributed by atoms with Crippen molar-refractivity contribution in [1.29, 1.82) is 0 Å². The predicted octanol–water partition coefficient (Wildman–Crippen LogP) is 5.54. The topological polar surface area (TPSA) is 91.9 Å². The molecule has 1 aromatic heterocycles. The van der Waals surface area contributed by atoms with Gasteiger partial charge in [0, 0.05) is 46.0 Å². The SMILES string of the molecule is CC(C)c1noc(N2CCC(COc3ccc(C4=CCC(C(=O)N5CCC(CCO)CC5)CC4)cc3)CC2)n1.[HH]. The molecule has 3 heterocycles. The summed E-state index contributed by atoms with van der Waals surface area (Å²) in [6.45, 7) is 8.62. The number of allylic oxidation sites excluding steroid dienone is 2. The van der Waals surface area contributed by atoms with Crippen LogP contribution in [0, 0.1) is 17.8 Å². The fourth-order valence-electron chi connectivity index (χ4n) is 6.06. The maximum Gasteiger partial charge on any atom is 0.324 e. The van der Waals surface area contributed by atoms with Gasteiger partial charge in [-0.25, -0.2) is 0 Å². The third kappa shape index (κ3) is 7.02. The molecule has 1 amide bonds. The highest BCUT2D eigenvalue weighted by Gasteiger charge is 2.29. The van der Waals surface area contributed by atoms with Gasteiger partial charge in [-0.3, -0.25) is 4.79 Å². The van der Waals surface area contributed by atoms with Crippen molar-refractivity contribution in [3.05, 3.63) is 41.7 Å². The Morgan fingerprint density at radius 3 is 2.41 bits per heavy atom. The molecule has 1 aromatic carbocycles. The summed E-state index contributed by atoms with van der Waals surface area (Å²) >= 11 is 0. The summed E-state index contributed by atoms with van der Waals surface area (Å²) < 4.78 is 11.6. The quantitative estimate of drug-likeness (QED) is 0.448. The molecule has 2 aliphatic heterocycles. The number of likely N-dealkylation sites (tertiary alicyclic amines) is 1. The summed E-state index contributed by atoms with van der Waals surface area (Å²) in [6, 6.07) is 9.09. The van der Waals surface area contributed by atoms with Crippen LogP contribution < -0.4 is 9.64 Å². The van der Waals surface area contributed by atoms with E-state index in [1.54, 1.807) is 0 Å². The Morgan fingerprint density at radius 1 is 1.08 bits per heavy atom. The molecule has 0 radical (unpaired) electrons. The maximum absolute atomic E-state index is 13.0. The number of aliphatic hydroxyl groups is 1. The standard InChI is InChI=1S/C31H44N4O4.H2/c1-22(2)29-32-31(39-33-29)35-18-13-24(14-19-35)21-38-28-9-7-26(8-10-28)25-3-5-27(6-4-25)30(37)34-16-11-23(12-17-34)15-20-36;/h3,7-10,22-24,27,36H,4-6,11-21H2,1-2H3;1H. The average Bonchev–Trinajstić information content (AvgIpc) is 3.48. The normalized spacial score (nSPS) is 21.3. The fraction of sp³-hybridized carbons (Fsp3) is 0.645. The fourth-order valence-corrected chi connectivity index (χ4v) is 6.06. The van der Waals surface area contributed by atoms with Gasteiger partial charge in [-0.2, -0.15) is 4.98 Å². The largest absolute Gasteiger partial charge is 0.493 e. The number of benzene rings is 1. The second kappa shape index (κ2) is 13.0. The molecule has 1 N–H and O–H groups in total. The Balaban J connectivity index is 0.00000370. The number of amides is 1. The first-order chi connectivity index (χ1) is 19.0. The number of anilines is 1. The molecule has 0 bridgehead atoms. The highest BCUT2D eigenvalue weighted by atomic mass is 16.5. The molecule has 3 aliphatic rings. The van der Waals surface area contributed by atoms with E-state index >= 15 is 0 Å². The van der Waals surface area contributed by atoms with E-state index in [1.165, 1.54) is 11.1 Å². The van der Waals surface area contributed by atoms with Crippen LogP contribution in [0.4, 0.5) is 6.01 Å². The molecule has 8 heteroatoms. The number of aliphatic hydroxyl groups excluding tert-OH is 1. The Morgan fingerprint density at radius 2 is 1.79 bits per heavy atom. The van der Waals surface area contributed by atoms with Crippen molar-refractivity contribution in [3.8, 4) is 5.75 Å². The van der Waals surface area contributed by atoms with Crippen LogP contribution in [0.15, 0.2) is 34.9 Å². The average molecular weight is 539 g/mol. The maximum atomic E-state index is 13.0. The van der Waals surface area contributed by atoms with Gasteiger partial charge in [0.1, 0.15) is 5.75 Å². The van der Waals surface area contributed by atoms with Gasteiger partial charge in [-0.1, -0.05) is 37.2 Å². The zero-order valence-electron chi connectivity index (χ0n) is 23.6. The Bertz CT molecular complexity index is 1100. The lowest BCUT2D eigenvalue weighted by molar-refractivity contribution is -0.137. The van der Waals surface area contributed by atoms with Gasteiger partial charge in [0.05, 0.1) is 6.61 Å². The molecule has 8 nitrogen and oxygen atoms in total. The van der Waals surface area contributed by atoms with E-state index in [4.69, 9.17) is 14.4 Å². The molecule has 0 saturated carbocycles. The van der Waals surface area contributed by atoms with Crippen LogP contribution in [0.3, 0.4) is 0 Å². The zero-order chi connectivity index (χ0) is 27.2. The predicted molar refractivity (Wildman–Crippen MR) is 154 cm³/mol. The van der Waals surface area contributed by atoms with Crippen LogP contribution in [0.5, 0.6) is 5.75 Å². The number of aromatic nitrogens is 2. The molecule has 1 unspecified atom stereocenters. The Labute approximate surface area is 233 Å². The van der Waals surface area contributed by atoms with E-state index in [-0.39, 0.29) is 19.9 Å². The van der Waals surface area contributed by atoms with Crippen LogP contribution in [0.25, 0.3) is 5.57 Å². The van der Waals surface area contributed by atoms with Gasteiger partial charge in [0.15, 0.2) is 5.82 Å². The summed E-state index contributed by atoms with van der Waals surface area (Å²) in [4.78, 5) is 21.8. The lowest BCUT2D eigenvalue weighted by atomic mass is 9.85. The minimum absolute atomic E-state index is 0. The van der Waals surface area contributed by atoms with Gasteiger partial charge in [0.25, 0.3) is 0 Å². The number of piperidine rings is 2. The second-order valence-corrected chi connectivity index (χ2v) is 11.8. The molecule has 1 aliphatic carbocycles. The summed E-state index contributed by atoms with van der Waals surface area (Å²) in [5, 5.41) is 13.2. The molecule has 0 spiro atoms. The first-order valence-electron chi connectivity index (χ1n) is 14.9. The molecule has 2 aromatic rings. The van der Waals surface area contributed by atoms with Crippen molar-refractivity contribution in [3.63, 3.8) is 0 Å². The third-order valence-corrected chi connectivity index (χ3v) is 8.77. The molecule has 214 valence electrons. The Hall–Kier alpha value is -2.87. The highest BCUT2D eigenvalue weighted by Crippen LogP contribution is 2.33. The van der Waals surface area contributed by atoms with E-state index in [0.717, 1.165) is 95.7 Å². The van der Waals surface area contributed by atoms with Gasteiger partial charge in [-0.15, -0.1) is 0 Å². The zero-order valence-corrected chi connectivity index (χ0v) is 23.6. The minimum atomic E-state index is 0. The monoisotopic (exact) mass is 538 g/mol. The van der Waals surface area contributed by atoms with Crippen LogP contribution in [0.2, 0.25) is 0 Å². The van der Waals surface area contributed by atoms with Gasteiger partial charge < -0.3 is 24.2 Å². The molecule has 1 atom stereocenters. The van der Waals surface area contributed by atoms with Crippen molar-refractivity contribution in [2.24, 2.45) is 17.8 Å². The second-order valence-electron chi connectivity index (χ2n) is 11.8. The first kappa shape index (κ1) is 27.7. The summed E-state index contributed by atoms with van der Waals surface area (Å²) in [5.74, 6) is 3.46. The van der Waals surface area contributed by atoms with E-state index < -0.39 is 0 Å². The number of carbonyl (C=O) groups excluding carboxylic acids is 1. The molecule has 5 rings (SSSR count). The summed E-state index contributed by atoms with van der Waals surface area (Å²) in [5.41, 5.74) is 2.56. The third-order valence-electron chi connectivity index (χ3n) is 8.77. The molecule has 2 saturated heterocycles. The van der Waals surface area contributed by atoms with Gasteiger partial charge >= 0.3 is 6.01 Å². The van der Waals surface area contributed by atoms with Crippen LogP contribution in [-0.4, -0.2) is 65.4 Å². The number of rotatable bonds is 9. The smallest absolute Gasteiger partial charge is 0.324 e. The first-order valence-corrected chi connectivity index (χ1v) is 14.9. The molecular weight excluding hydrogens is 492 g/mol. The van der Waals surface area contributed by atoms with Crippen LogP contribution in [-0.2, 0) is 4.79 Å². The number of nitrogens with zero attached hydrogens (tertiary/aromatic N) is 4. The van der Waals surface area contributed by atoms with Gasteiger partial charge in [0.2, 0.25) is 5.91 Å². The van der Waals surface area contributed by atoms with Crippen molar-refractivity contribution in [2.75, 3.05) is 44.3 Å². The van der Waals surface area contributed by atoms with Crippen molar-refractivity contribution < 1.29 is 20.6 Å². The minimum Gasteiger partial charge on any atom is -0.493 e. The van der Waals surface area contributed by atoms with E-state index in [0.29, 0.717) is 23.8 Å². The van der Waals surface area contributed by atoms with E-state index in [1.807, 2.05) is 0 Å². The van der Waals surface area contributed by atoms with Crippen molar-refractivity contribution in [2.45, 2.75) is 71.1 Å². The highest BCUT2D eigenvalue weighted by molar-refractivity contribution is 5.81. The lowest BCUT2D eigenvalue weighted by Crippen LogP contribution is -2.42. The molecule has 39 heavy (non-hydrogen) atoms. The number of hydrogen-bond acceptors (Lipinski definition) is 7. The molecular formula is C31H46N4O4. The Kier molecular flexibility index (Phi) is 9.22. The van der Waals surface area contributed by atoms with E-state index in [9.17, 15) is 4.79 Å². The summed E-state index contributed by atoms with van der Waals surface area (Å²) in [7, 11) is 0. The number of ether oxygens (including phenoxy) is 1. The number of carbonyl (C=O) groups is 1. The van der Waals surface area contributed by atoms with Crippen molar-refractivity contribution in [1.82, 2.24) is 15.0 Å². The van der Waals surface area contributed by atoms with E-state index in [2.05, 4.69) is 64.1 Å². The van der Waals surface area contributed by atoms with Crippen LogP contribution in [0.1, 0.15) is 83.9 Å². The summed E-state index contributed by atoms with van der Waals surface area (Å²) in [6.07, 6.45) is 9.94. The lowest BCUT2D eigenvalue weighted by Gasteiger charge is -2.35. The van der Waals surface area contributed by atoms with Gasteiger partial charge in [-0.05, 0) is 86.5 Å². The van der Waals surface area contributed by atoms with Crippen molar-refractivity contribution >= 4 is 17.5 Å². The number of hydrogen-bond donors (Lipinski definition) is 1. The molecule has 2 fully saturated rings.